The lowest BCUT2D eigenvalue weighted by Crippen LogP contribution is -1.98. The van der Waals surface area contributed by atoms with Crippen molar-refractivity contribution in [2.75, 3.05) is 11.9 Å². The zero-order valence-electron chi connectivity index (χ0n) is 11.6. The Morgan fingerprint density at radius 1 is 1.20 bits per heavy atom. The maximum Gasteiger partial charge on any atom is 0.201 e. The summed E-state index contributed by atoms with van der Waals surface area (Å²) in [6.45, 7) is 8.15. The standard InChI is InChI=1S/C14H14N4S2/c1-6-7(2)9-10-11(20-13(9)16-8(6)3)12-15-4-5-18(12)14(19)17-10/h15H,4-5H2,1-3H3. The second-order valence-corrected chi connectivity index (χ2v) is 6.59. The van der Waals surface area contributed by atoms with Crippen LogP contribution in [0.2, 0.25) is 0 Å². The average molecular weight is 302 g/mol. The largest absolute Gasteiger partial charge is 0.368 e. The van der Waals surface area contributed by atoms with E-state index < -0.39 is 0 Å². The summed E-state index contributed by atoms with van der Waals surface area (Å²) in [5.41, 5.74) is 4.61. The van der Waals surface area contributed by atoms with Crippen LogP contribution in [0, 0.1) is 25.5 Å². The number of fused-ring (bicyclic) bond motifs is 5. The van der Waals surface area contributed by atoms with Crippen molar-refractivity contribution in [2.45, 2.75) is 27.3 Å². The van der Waals surface area contributed by atoms with Crippen molar-refractivity contribution in [3.63, 3.8) is 0 Å². The van der Waals surface area contributed by atoms with Gasteiger partial charge in [0.2, 0.25) is 4.77 Å². The van der Waals surface area contributed by atoms with Gasteiger partial charge in [0.25, 0.3) is 0 Å². The molecule has 1 N–H and O–H groups in total. The number of nitrogens with zero attached hydrogens (tertiary/aromatic N) is 3. The Labute approximate surface area is 125 Å². The lowest BCUT2D eigenvalue weighted by atomic mass is 10.1. The van der Waals surface area contributed by atoms with Gasteiger partial charge in [-0.1, -0.05) is 0 Å². The van der Waals surface area contributed by atoms with Gasteiger partial charge in [-0.25, -0.2) is 9.97 Å². The first-order chi connectivity index (χ1) is 9.58. The number of aryl methyl sites for hydroxylation is 2. The van der Waals surface area contributed by atoms with E-state index in [0.717, 1.165) is 40.3 Å². The van der Waals surface area contributed by atoms with Crippen LogP contribution in [0.3, 0.4) is 0 Å². The molecule has 0 saturated heterocycles. The Hall–Kier alpha value is -1.53. The van der Waals surface area contributed by atoms with Crippen molar-refractivity contribution in [1.82, 2.24) is 14.5 Å². The average Bonchev–Trinajstić information content (AvgIpc) is 3.00. The van der Waals surface area contributed by atoms with Gasteiger partial charge in [-0.15, -0.1) is 11.3 Å². The van der Waals surface area contributed by atoms with Crippen LogP contribution in [0.15, 0.2) is 0 Å². The molecule has 20 heavy (non-hydrogen) atoms. The van der Waals surface area contributed by atoms with Crippen LogP contribution >= 0.6 is 23.6 Å². The first kappa shape index (κ1) is 12.2. The molecule has 4 nitrogen and oxygen atoms in total. The summed E-state index contributed by atoms with van der Waals surface area (Å²) in [5, 5.41) is 4.60. The minimum Gasteiger partial charge on any atom is -0.368 e. The fourth-order valence-corrected chi connectivity index (χ4v) is 4.36. The van der Waals surface area contributed by atoms with Gasteiger partial charge in [-0.2, -0.15) is 0 Å². The molecule has 6 heteroatoms. The van der Waals surface area contributed by atoms with Gasteiger partial charge in [-0.3, -0.25) is 0 Å². The normalized spacial score (nSPS) is 13.9. The second kappa shape index (κ2) is 3.99. The summed E-state index contributed by atoms with van der Waals surface area (Å²) in [6, 6.07) is 0. The maximum atomic E-state index is 5.43. The maximum absolute atomic E-state index is 5.43. The number of nitrogens with one attached hydrogen (secondary N) is 1. The fourth-order valence-electron chi connectivity index (χ4n) is 2.83. The van der Waals surface area contributed by atoms with Crippen molar-refractivity contribution in [3.05, 3.63) is 21.6 Å². The molecule has 0 saturated carbocycles. The summed E-state index contributed by atoms with van der Waals surface area (Å²) < 4.78 is 3.92. The third-order valence-corrected chi connectivity index (χ3v) is 5.56. The van der Waals surface area contributed by atoms with Crippen LogP contribution in [-0.4, -0.2) is 21.1 Å². The predicted molar refractivity (Wildman–Crippen MR) is 86.4 cm³/mol. The summed E-state index contributed by atoms with van der Waals surface area (Å²) in [4.78, 5) is 10.5. The van der Waals surface area contributed by atoms with Crippen molar-refractivity contribution >= 4 is 49.8 Å². The number of pyridine rings is 1. The van der Waals surface area contributed by atoms with Crippen LogP contribution in [0.25, 0.3) is 20.4 Å². The monoisotopic (exact) mass is 302 g/mol. The molecule has 3 aromatic rings. The van der Waals surface area contributed by atoms with Crippen LogP contribution in [0.5, 0.6) is 0 Å². The topological polar surface area (TPSA) is 42.7 Å². The number of hydrogen-bond acceptors (Lipinski definition) is 5. The van der Waals surface area contributed by atoms with E-state index in [2.05, 4.69) is 35.6 Å². The van der Waals surface area contributed by atoms with E-state index >= 15 is 0 Å². The lowest BCUT2D eigenvalue weighted by Gasteiger charge is -2.06. The van der Waals surface area contributed by atoms with Gasteiger partial charge in [0.05, 0.1) is 10.2 Å². The number of thiophene rings is 1. The van der Waals surface area contributed by atoms with Crippen LogP contribution in [-0.2, 0) is 6.54 Å². The van der Waals surface area contributed by atoms with Gasteiger partial charge >= 0.3 is 0 Å². The van der Waals surface area contributed by atoms with Gasteiger partial charge in [0.1, 0.15) is 10.6 Å². The SMILES string of the molecule is Cc1nc2sc3c4n(c(=S)nc3c2c(C)c1C)CCN4. The number of aromatic nitrogens is 3. The molecule has 0 spiro atoms. The molecule has 1 aliphatic heterocycles. The third kappa shape index (κ3) is 1.43. The summed E-state index contributed by atoms with van der Waals surface area (Å²) in [6.07, 6.45) is 0. The summed E-state index contributed by atoms with van der Waals surface area (Å²) in [7, 11) is 0. The highest BCUT2D eigenvalue weighted by atomic mass is 32.1. The van der Waals surface area contributed by atoms with Gasteiger partial charge < -0.3 is 9.88 Å². The minimum absolute atomic E-state index is 0.662. The molecule has 4 rings (SSSR count). The van der Waals surface area contributed by atoms with Crippen molar-refractivity contribution < 1.29 is 0 Å². The van der Waals surface area contributed by atoms with E-state index in [-0.39, 0.29) is 0 Å². The highest BCUT2D eigenvalue weighted by Crippen LogP contribution is 2.39. The first-order valence-corrected chi connectivity index (χ1v) is 7.85. The smallest absolute Gasteiger partial charge is 0.201 e. The number of anilines is 1. The van der Waals surface area contributed by atoms with E-state index in [9.17, 15) is 0 Å². The zero-order valence-corrected chi connectivity index (χ0v) is 13.2. The molecule has 4 heterocycles. The number of rotatable bonds is 0. The first-order valence-electron chi connectivity index (χ1n) is 6.62. The highest BCUT2D eigenvalue weighted by molar-refractivity contribution is 7.71. The van der Waals surface area contributed by atoms with Crippen molar-refractivity contribution in [1.29, 1.82) is 0 Å². The van der Waals surface area contributed by atoms with Crippen LogP contribution < -0.4 is 5.32 Å². The summed E-state index contributed by atoms with van der Waals surface area (Å²) in [5.74, 6) is 1.11. The molecule has 0 aromatic carbocycles. The quantitative estimate of drug-likeness (QED) is 0.643. The lowest BCUT2D eigenvalue weighted by molar-refractivity contribution is 0.774. The zero-order chi connectivity index (χ0) is 14.0. The van der Waals surface area contributed by atoms with E-state index in [0.29, 0.717) is 4.77 Å². The van der Waals surface area contributed by atoms with E-state index in [1.54, 1.807) is 11.3 Å². The van der Waals surface area contributed by atoms with Crippen molar-refractivity contribution in [2.24, 2.45) is 0 Å². The molecular formula is C14H14N4S2. The Bertz CT molecular complexity index is 936. The predicted octanol–water partition coefficient (Wildman–Crippen LogP) is 3.73. The second-order valence-electron chi connectivity index (χ2n) is 5.23. The number of hydrogen-bond donors (Lipinski definition) is 1. The van der Waals surface area contributed by atoms with Gasteiger partial charge in [-0.05, 0) is 44.1 Å². The molecule has 102 valence electrons. The van der Waals surface area contributed by atoms with Gasteiger partial charge in [0, 0.05) is 24.2 Å². The van der Waals surface area contributed by atoms with Crippen LogP contribution in [0.1, 0.15) is 16.8 Å². The van der Waals surface area contributed by atoms with Crippen molar-refractivity contribution in [3.8, 4) is 0 Å². The Morgan fingerprint density at radius 2 is 2.00 bits per heavy atom. The molecule has 0 aliphatic carbocycles. The molecule has 0 bridgehead atoms. The molecule has 0 unspecified atom stereocenters. The Morgan fingerprint density at radius 3 is 2.80 bits per heavy atom. The fraction of sp³-hybridized carbons (Fsp3) is 0.357. The molecule has 1 aliphatic rings. The minimum atomic E-state index is 0.662. The molecule has 0 radical (unpaired) electrons. The van der Waals surface area contributed by atoms with Gasteiger partial charge in [0.15, 0.2) is 0 Å². The molecule has 0 fully saturated rings. The van der Waals surface area contributed by atoms with E-state index in [1.165, 1.54) is 15.8 Å². The summed E-state index contributed by atoms with van der Waals surface area (Å²) >= 11 is 7.14. The Balaban J connectivity index is 2.28. The van der Waals surface area contributed by atoms with E-state index in [1.807, 2.05) is 0 Å². The van der Waals surface area contributed by atoms with E-state index in [4.69, 9.17) is 17.2 Å². The highest BCUT2D eigenvalue weighted by Gasteiger charge is 2.20. The Kier molecular flexibility index (Phi) is 2.44. The third-order valence-electron chi connectivity index (χ3n) is 4.17. The molecule has 3 aromatic heterocycles. The molecule has 0 amide bonds. The van der Waals surface area contributed by atoms with Crippen LogP contribution in [0.4, 0.5) is 5.82 Å². The molecule has 0 atom stereocenters. The molecular weight excluding hydrogens is 288 g/mol.